The van der Waals surface area contributed by atoms with Crippen molar-refractivity contribution < 1.29 is 0 Å². The summed E-state index contributed by atoms with van der Waals surface area (Å²) in [4.78, 5) is 8.38. The molecule has 0 aliphatic heterocycles. The molecule has 1 atom stereocenters. The highest BCUT2D eigenvalue weighted by atomic mass is 79.9. The molecule has 0 saturated carbocycles. The Bertz CT molecular complexity index is 531. The van der Waals surface area contributed by atoms with Gasteiger partial charge in [-0.05, 0) is 68.6 Å². The lowest BCUT2D eigenvalue weighted by Gasteiger charge is -2.16. The van der Waals surface area contributed by atoms with E-state index in [1.165, 1.54) is 5.56 Å². The Morgan fingerprint density at radius 3 is 2.33 bits per heavy atom. The van der Waals surface area contributed by atoms with Crippen LogP contribution in [0.25, 0.3) is 0 Å². The largest absolute Gasteiger partial charge is 0.313 e. The average Bonchev–Trinajstić information content (AvgIpc) is 2.36. The van der Waals surface area contributed by atoms with E-state index in [2.05, 4.69) is 59.3 Å². The Hall–Kier alpha value is -0.780. The van der Waals surface area contributed by atoms with E-state index in [9.17, 15) is 0 Å². The van der Waals surface area contributed by atoms with Crippen molar-refractivity contribution in [3.63, 3.8) is 0 Å². The lowest BCUT2D eigenvalue weighted by molar-refractivity contribution is 0.588. The van der Waals surface area contributed by atoms with Crippen LogP contribution in [0, 0.1) is 0 Å². The standard InChI is InChI=1S/C13H13Br2N3/c1-16-13(10-4-12(15)8-18-6-10)3-9-2-11(14)7-17-5-9/h2,4-8,13,16H,3H2,1H3. The zero-order valence-electron chi connectivity index (χ0n) is 9.90. The number of halogens is 2. The molecule has 2 aromatic heterocycles. The molecule has 0 radical (unpaired) electrons. The lowest BCUT2D eigenvalue weighted by Crippen LogP contribution is -2.19. The summed E-state index contributed by atoms with van der Waals surface area (Å²) in [6, 6.07) is 4.40. The molecule has 0 amide bonds. The Morgan fingerprint density at radius 1 is 1.06 bits per heavy atom. The minimum absolute atomic E-state index is 0.228. The third-order valence-corrected chi connectivity index (χ3v) is 3.55. The second-order valence-corrected chi connectivity index (χ2v) is 5.82. The molecule has 2 aromatic rings. The molecular weight excluding hydrogens is 358 g/mol. The van der Waals surface area contributed by atoms with Crippen molar-refractivity contribution in [3.8, 4) is 0 Å². The van der Waals surface area contributed by atoms with E-state index in [1.807, 2.05) is 19.4 Å². The van der Waals surface area contributed by atoms with Crippen molar-refractivity contribution >= 4 is 31.9 Å². The highest BCUT2D eigenvalue weighted by Crippen LogP contribution is 2.21. The molecule has 0 aliphatic carbocycles. The van der Waals surface area contributed by atoms with Crippen molar-refractivity contribution in [3.05, 3.63) is 57.0 Å². The highest BCUT2D eigenvalue weighted by Gasteiger charge is 2.11. The molecule has 18 heavy (non-hydrogen) atoms. The van der Waals surface area contributed by atoms with Crippen molar-refractivity contribution in [2.75, 3.05) is 7.05 Å². The van der Waals surface area contributed by atoms with Crippen molar-refractivity contribution in [1.29, 1.82) is 0 Å². The monoisotopic (exact) mass is 369 g/mol. The molecule has 0 aliphatic rings. The third kappa shape index (κ3) is 3.60. The van der Waals surface area contributed by atoms with Gasteiger partial charge >= 0.3 is 0 Å². The summed E-state index contributed by atoms with van der Waals surface area (Å²) in [6.07, 6.45) is 8.23. The predicted molar refractivity (Wildman–Crippen MR) is 79.4 cm³/mol. The van der Waals surface area contributed by atoms with Gasteiger partial charge in [0.1, 0.15) is 0 Å². The molecule has 2 heterocycles. The van der Waals surface area contributed by atoms with Gasteiger partial charge in [0.05, 0.1) is 0 Å². The van der Waals surface area contributed by atoms with E-state index in [0.29, 0.717) is 0 Å². The SMILES string of the molecule is CNC(Cc1cncc(Br)c1)c1cncc(Br)c1. The summed E-state index contributed by atoms with van der Waals surface area (Å²) < 4.78 is 2.00. The van der Waals surface area contributed by atoms with Gasteiger partial charge in [-0.3, -0.25) is 9.97 Å². The first-order valence-corrected chi connectivity index (χ1v) is 7.15. The van der Waals surface area contributed by atoms with Crippen LogP contribution in [0.5, 0.6) is 0 Å². The third-order valence-electron chi connectivity index (χ3n) is 2.68. The maximum absolute atomic E-state index is 4.20. The fourth-order valence-electron chi connectivity index (χ4n) is 1.81. The van der Waals surface area contributed by atoms with Crippen molar-refractivity contribution in [2.45, 2.75) is 12.5 Å². The number of rotatable bonds is 4. The van der Waals surface area contributed by atoms with Crippen LogP contribution in [0.3, 0.4) is 0 Å². The van der Waals surface area contributed by atoms with Crippen LogP contribution < -0.4 is 5.32 Å². The first-order chi connectivity index (χ1) is 8.69. The van der Waals surface area contributed by atoms with Gasteiger partial charge < -0.3 is 5.32 Å². The number of nitrogens with one attached hydrogen (secondary N) is 1. The molecule has 0 bridgehead atoms. The number of likely N-dealkylation sites (N-methyl/N-ethyl adjacent to an activating group) is 1. The first kappa shape index (κ1) is 13.6. The lowest BCUT2D eigenvalue weighted by atomic mass is 10.0. The Labute approximate surface area is 123 Å². The predicted octanol–water partition coefficient (Wildman–Crippen LogP) is 3.50. The number of pyridine rings is 2. The van der Waals surface area contributed by atoms with Crippen LogP contribution in [0.15, 0.2) is 45.9 Å². The summed E-state index contributed by atoms with van der Waals surface area (Å²) in [5.74, 6) is 0. The minimum Gasteiger partial charge on any atom is -0.313 e. The second kappa shape index (κ2) is 6.41. The summed E-state index contributed by atoms with van der Waals surface area (Å²) >= 11 is 6.89. The van der Waals surface area contributed by atoms with Crippen LogP contribution in [0.4, 0.5) is 0 Å². The average molecular weight is 371 g/mol. The minimum atomic E-state index is 0.228. The Balaban J connectivity index is 2.19. The highest BCUT2D eigenvalue weighted by molar-refractivity contribution is 9.10. The van der Waals surface area contributed by atoms with Crippen LogP contribution in [0.1, 0.15) is 17.2 Å². The van der Waals surface area contributed by atoms with Crippen molar-refractivity contribution in [2.24, 2.45) is 0 Å². The quantitative estimate of drug-likeness (QED) is 0.894. The smallest absolute Gasteiger partial charge is 0.0410 e. The van der Waals surface area contributed by atoms with Crippen molar-refractivity contribution in [1.82, 2.24) is 15.3 Å². The number of hydrogen-bond donors (Lipinski definition) is 1. The molecule has 1 unspecified atom stereocenters. The van der Waals surface area contributed by atoms with Crippen LogP contribution in [0.2, 0.25) is 0 Å². The molecule has 2 rings (SSSR count). The molecule has 0 fully saturated rings. The second-order valence-electron chi connectivity index (χ2n) is 3.99. The number of hydrogen-bond acceptors (Lipinski definition) is 3. The number of nitrogens with zero attached hydrogens (tertiary/aromatic N) is 2. The van der Waals surface area contributed by atoms with E-state index in [0.717, 1.165) is 20.9 Å². The molecular formula is C13H13Br2N3. The van der Waals surface area contributed by atoms with Gasteiger partial charge in [-0.2, -0.15) is 0 Å². The van der Waals surface area contributed by atoms with E-state index < -0.39 is 0 Å². The van der Waals surface area contributed by atoms with E-state index in [-0.39, 0.29) is 6.04 Å². The summed E-state index contributed by atoms with van der Waals surface area (Å²) in [6.45, 7) is 0. The van der Waals surface area contributed by atoms with E-state index in [4.69, 9.17) is 0 Å². The maximum atomic E-state index is 4.20. The zero-order chi connectivity index (χ0) is 13.0. The summed E-state index contributed by atoms with van der Waals surface area (Å²) in [5, 5.41) is 3.31. The van der Waals surface area contributed by atoms with Gasteiger partial charge in [-0.1, -0.05) is 0 Å². The van der Waals surface area contributed by atoms with Gasteiger partial charge in [-0.25, -0.2) is 0 Å². The van der Waals surface area contributed by atoms with Crippen LogP contribution in [-0.2, 0) is 6.42 Å². The molecule has 0 saturated heterocycles. The normalized spacial score (nSPS) is 12.4. The topological polar surface area (TPSA) is 37.8 Å². The summed E-state index contributed by atoms with van der Waals surface area (Å²) in [7, 11) is 1.96. The molecule has 3 nitrogen and oxygen atoms in total. The molecule has 5 heteroatoms. The maximum Gasteiger partial charge on any atom is 0.0410 e. The van der Waals surface area contributed by atoms with E-state index >= 15 is 0 Å². The molecule has 94 valence electrons. The summed E-state index contributed by atoms with van der Waals surface area (Å²) in [5.41, 5.74) is 2.34. The molecule has 0 aromatic carbocycles. The zero-order valence-corrected chi connectivity index (χ0v) is 13.1. The fourth-order valence-corrected chi connectivity index (χ4v) is 2.60. The first-order valence-electron chi connectivity index (χ1n) is 5.56. The molecule has 1 N–H and O–H groups in total. The van der Waals surface area contributed by atoms with Gasteiger partial charge in [0.2, 0.25) is 0 Å². The number of aromatic nitrogens is 2. The van der Waals surface area contributed by atoms with Gasteiger partial charge in [0.15, 0.2) is 0 Å². The van der Waals surface area contributed by atoms with Gasteiger partial charge in [0, 0.05) is 39.8 Å². The van der Waals surface area contributed by atoms with Gasteiger partial charge in [-0.15, -0.1) is 0 Å². The molecule has 0 spiro atoms. The van der Waals surface area contributed by atoms with E-state index in [1.54, 1.807) is 12.4 Å². The van der Waals surface area contributed by atoms with Crippen LogP contribution in [-0.4, -0.2) is 17.0 Å². The Kier molecular flexibility index (Phi) is 4.86. The van der Waals surface area contributed by atoms with Crippen LogP contribution >= 0.6 is 31.9 Å². The fraction of sp³-hybridized carbons (Fsp3) is 0.231. The Morgan fingerprint density at radius 2 is 1.72 bits per heavy atom. The van der Waals surface area contributed by atoms with Gasteiger partial charge in [0.25, 0.3) is 0 Å².